The van der Waals surface area contributed by atoms with E-state index in [0.29, 0.717) is 18.8 Å². The van der Waals surface area contributed by atoms with Crippen LogP contribution in [0.25, 0.3) is 0 Å². The lowest BCUT2D eigenvalue weighted by molar-refractivity contribution is -0.151. The molecule has 2 atom stereocenters. The van der Waals surface area contributed by atoms with Crippen molar-refractivity contribution in [2.75, 3.05) is 13.7 Å². The average molecular weight is 283 g/mol. The summed E-state index contributed by atoms with van der Waals surface area (Å²) in [5.74, 6) is 0.201. The number of ether oxygens (including phenoxy) is 1. The smallest absolute Gasteiger partial charge is 0.328 e. The van der Waals surface area contributed by atoms with Gasteiger partial charge in [-0.2, -0.15) is 0 Å². The molecule has 0 aromatic heterocycles. The first-order chi connectivity index (χ1) is 9.61. The fourth-order valence-electron chi connectivity index (χ4n) is 3.40. The number of methoxy groups -OCH3 is 1. The molecule has 1 N–H and O–H groups in total. The normalized spacial score (nSPS) is 27.6. The standard InChI is InChI=1S/C15H25NO4/c1-20-15(19)13-9-12(17)10-16(13)14(18)8-7-11-5-3-2-4-6-11/h11-13,17H,2-10H2,1H3. The maximum atomic E-state index is 12.3. The molecule has 2 unspecified atom stereocenters. The van der Waals surface area contributed by atoms with E-state index < -0.39 is 18.1 Å². The Balaban J connectivity index is 1.85. The Bertz CT molecular complexity index is 352. The summed E-state index contributed by atoms with van der Waals surface area (Å²) in [6, 6.07) is -0.603. The summed E-state index contributed by atoms with van der Waals surface area (Å²) in [6.07, 6.45) is 7.35. The van der Waals surface area contributed by atoms with Gasteiger partial charge in [-0.25, -0.2) is 4.79 Å². The molecule has 0 aromatic rings. The number of hydrogen-bond acceptors (Lipinski definition) is 4. The van der Waals surface area contributed by atoms with E-state index >= 15 is 0 Å². The van der Waals surface area contributed by atoms with Gasteiger partial charge in [0.1, 0.15) is 6.04 Å². The van der Waals surface area contributed by atoms with Crippen LogP contribution in [0.2, 0.25) is 0 Å². The fourth-order valence-corrected chi connectivity index (χ4v) is 3.40. The summed E-state index contributed by atoms with van der Waals surface area (Å²) in [6.45, 7) is 0.253. The molecular weight excluding hydrogens is 258 g/mol. The van der Waals surface area contributed by atoms with Crippen LogP contribution in [0.4, 0.5) is 0 Å². The minimum atomic E-state index is -0.613. The molecule has 0 spiro atoms. The van der Waals surface area contributed by atoms with Gasteiger partial charge in [0.2, 0.25) is 5.91 Å². The first-order valence-electron chi connectivity index (χ1n) is 7.67. The molecule has 2 rings (SSSR count). The van der Waals surface area contributed by atoms with Crippen LogP contribution < -0.4 is 0 Å². The molecular formula is C15H25NO4. The Kier molecular flexibility index (Phi) is 5.40. The molecule has 5 nitrogen and oxygen atoms in total. The zero-order chi connectivity index (χ0) is 14.5. The van der Waals surface area contributed by atoms with Crippen molar-refractivity contribution in [1.82, 2.24) is 4.90 Å². The van der Waals surface area contributed by atoms with E-state index in [2.05, 4.69) is 0 Å². The van der Waals surface area contributed by atoms with Gasteiger partial charge in [-0.05, 0) is 12.3 Å². The number of carbonyl (C=O) groups is 2. The second kappa shape index (κ2) is 7.07. The number of esters is 1. The Morgan fingerprint density at radius 3 is 2.60 bits per heavy atom. The number of nitrogens with zero attached hydrogens (tertiary/aromatic N) is 1. The van der Waals surface area contributed by atoms with Crippen molar-refractivity contribution in [2.45, 2.75) is 63.5 Å². The Hall–Kier alpha value is -1.10. The first kappa shape index (κ1) is 15.3. The zero-order valence-corrected chi connectivity index (χ0v) is 12.2. The van der Waals surface area contributed by atoms with E-state index in [1.54, 1.807) is 0 Å². The van der Waals surface area contributed by atoms with Gasteiger partial charge >= 0.3 is 5.97 Å². The molecule has 1 heterocycles. The van der Waals surface area contributed by atoms with Gasteiger partial charge in [0, 0.05) is 19.4 Å². The lowest BCUT2D eigenvalue weighted by Gasteiger charge is -2.25. The van der Waals surface area contributed by atoms with Crippen molar-refractivity contribution in [1.29, 1.82) is 0 Å². The monoisotopic (exact) mass is 283 g/mol. The van der Waals surface area contributed by atoms with Gasteiger partial charge in [0.25, 0.3) is 0 Å². The van der Waals surface area contributed by atoms with Gasteiger partial charge < -0.3 is 14.7 Å². The highest BCUT2D eigenvalue weighted by molar-refractivity contribution is 5.85. The third-order valence-electron chi connectivity index (χ3n) is 4.56. The summed E-state index contributed by atoms with van der Waals surface area (Å²) in [5, 5.41) is 9.68. The topological polar surface area (TPSA) is 66.8 Å². The van der Waals surface area contributed by atoms with Gasteiger partial charge in [-0.15, -0.1) is 0 Å². The minimum Gasteiger partial charge on any atom is -0.467 e. The molecule has 1 aliphatic carbocycles. The van der Waals surface area contributed by atoms with E-state index in [-0.39, 0.29) is 12.5 Å². The van der Waals surface area contributed by atoms with E-state index in [1.807, 2.05) is 0 Å². The highest BCUT2D eigenvalue weighted by atomic mass is 16.5. The van der Waals surface area contributed by atoms with Crippen molar-refractivity contribution in [3.8, 4) is 0 Å². The van der Waals surface area contributed by atoms with Crippen molar-refractivity contribution in [2.24, 2.45) is 5.92 Å². The molecule has 0 bridgehead atoms. The quantitative estimate of drug-likeness (QED) is 0.794. The molecule has 2 fully saturated rings. The molecule has 1 amide bonds. The van der Waals surface area contributed by atoms with Gasteiger partial charge in [-0.3, -0.25) is 4.79 Å². The molecule has 1 saturated heterocycles. The maximum Gasteiger partial charge on any atom is 0.328 e. The van der Waals surface area contributed by atoms with E-state index in [1.165, 1.54) is 44.1 Å². The molecule has 0 radical (unpaired) electrons. The second-order valence-electron chi connectivity index (χ2n) is 6.02. The third-order valence-corrected chi connectivity index (χ3v) is 4.56. The van der Waals surface area contributed by atoms with Crippen LogP contribution in [-0.2, 0) is 14.3 Å². The van der Waals surface area contributed by atoms with Crippen LogP contribution in [0.1, 0.15) is 51.4 Å². The second-order valence-corrected chi connectivity index (χ2v) is 6.02. The third kappa shape index (κ3) is 3.72. The highest BCUT2D eigenvalue weighted by Gasteiger charge is 2.39. The van der Waals surface area contributed by atoms with Crippen molar-refractivity contribution in [3.05, 3.63) is 0 Å². The number of aliphatic hydroxyl groups is 1. The fraction of sp³-hybridized carbons (Fsp3) is 0.867. The molecule has 1 aliphatic heterocycles. The number of aliphatic hydroxyl groups excluding tert-OH is 1. The van der Waals surface area contributed by atoms with Crippen LogP contribution in [0, 0.1) is 5.92 Å². The number of likely N-dealkylation sites (tertiary alicyclic amines) is 1. The highest BCUT2D eigenvalue weighted by Crippen LogP contribution is 2.28. The van der Waals surface area contributed by atoms with Crippen LogP contribution in [0.5, 0.6) is 0 Å². The summed E-state index contributed by atoms with van der Waals surface area (Å²) >= 11 is 0. The SMILES string of the molecule is COC(=O)C1CC(O)CN1C(=O)CCC1CCCCC1. The zero-order valence-electron chi connectivity index (χ0n) is 12.2. The molecule has 20 heavy (non-hydrogen) atoms. The first-order valence-corrected chi connectivity index (χ1v) is 7.67. The molecule has 114 valence electrons. The number of amides is 1. The lowest BCUT2D eigenvalue weighted by atomic mass is 9.86. The average Bonchev–Trinajstić information content (AvgIpc) is 2.87. The van der Waals surface area contributed by atoms with Crippen molar-refractivity contribution < 1.29 is 19.4 Å². The van der Waals surface area contributed by atoms with E-state index in [4.69, 9.17) is 4.74 Å². The van der Waals surface area contributed by atoms with Crippen LogP contribution in [0.15, 0.2) is 0 Å². The Morgan fingerprint density at radius 2 is 1.95 bits per heavy atom. The van der Waals surface area contributed by atoms with Crippen LogP contribution in [-0.4, -0.2) is 47.7 Å². The van der Waals surface area contributed by atoms with Crippen molar-refractivity contribution in [3.63, 3.8) is 0 Å². The Labute approximate surface area is 120 Å². The summed E-state index contributed by atoms with van der Waals surface area (Å²) < 4.78 is 4.71. The molecule has 0 aromatic carbocycles. The van der Waals surface area contributed by atoms with Gasteiger partial charge in [-0.1, -0.05) is 32.1 Å². The predicted octanol–water partition coefficient (Wildman–Crippen LogP) is 1.48. The van der Waals surface area contributed by atoms with Crippen molar-refractivity contribution >= 4 is 11.9 Å². The number of rotatable bonds is 4. The van der Waals surface area contributed by atoms with E-state index in [9.17, 15) is 14.7 Å². The summed E-state index contributed by atoms with van der Waals surface area (Å²) in [4.78, 5) is 25.4. The minimum absolute atomic E-state index is 0.0254. The Morgan fingerprint density at radius 1 is 1.25 bits per heavy atom. The van der Waals surface area contributed by atoms with Crippen LogP contribution >= 0.6 is 0 Å². The largest absolute Gasteiger partial charge is 0.467 e. The number of β-amino-alcohol motifs (C(OH)–C–C–N with tert-alkyl or cyclic N) is 1. The maximum absolute atomic E-state index is 12.3. The summed E-state index contributed by atoms with van der Waals surface area (Å²) in [5.41, 5.74) is 0. The molecule has 5 heteroatoms. The lowest BCUT2D eigenvalue weighted by Crippen LogP contribution is -2.41. The molecule has 1 saturated carbocycles. The van der Waals surface area contributed by atoms with Crippen LogP contribution in [0.3, 0.4) is 0 Å². The number of carbonyl (C=O) groups excluding carboxylic acids is 2. The number of hydrogen-bond donors (Lipinski definition) is 1. The summed E-state index contributed by atoms with van der Waals surface area (Å²) in [7, 11) is 1.32. The van der Waals surface area contributed by atoms with E-state index in [0.717, 1.165) is 6.42 Å². The predicted molar refractivity (Wildman–Crippen MR) is 73.9 cm³/mol. The molecule has 2 aliphatic rings. The van der Waals surface area contributed by atoms with Gasteiger partial charge in [0.05, 0.1) is 13.2 Å². The van der Waals surface area contributed by atoms with Gasteiger partial charge in [0.15, 0.2) is 0 Å².